The van der Waals surface area contributed by atoms with Crippen molar-refractivity contribution in [3.63, 3.8) is 0 Å². The maximum absolute atomic E-state index is 13.0. The van der Waals surface area contributed by atoms with Crippen LogP contribution in [-0.2, 0) is 31.1 Å². The van der Waals surface area contributed by atoms with Gasteiger partial charge in [-0.25, -0.2) is 4.99 Å². The highest BCUT2D eigenvalue weighted by Gasteiger charge is 2.30. The Bertz CT molecular complexity index is 882. The Hall–Kier alpha value is -1.93. The van der Waals surface area contributed by atoms with E-state index in [0.29, 0.717) is 24.6 Å². The van der Waals surface area contributed by atoms with Crippen molar-refractivity contribution in [3.05, 3.63) is 47.0 Å². The van der Waals surface area contributed by atoms with E-state index < -0.39 is 11.7 Å². The average molecular weight is 567 g/mol. The van der Waals surface area contributed by atoms with Crippen molar-refractivity contribution in [2.75, 3.05) is 39.4 Å². The van der Waals surface area contributed by atoms with Crippen LogP contribution in [0.3, 0.4) is 0 Å². The standard InChI is InChI=1S/C20H28F3N7O.HI/c1-15-27-28-18(29(15)2)14-26-19(24-6-7-30-8-10-31-11-9-30)25-13-16-4-3-5-17(12-16)20(21,22)23;/h3-5,12H,6-11,13-14H2,1-2H3,(H2,24,25,26);1H. The molecule has 2 N–H and O–H groups in total. The predicted molar refractivity (Wildman–Crippen MR) is 126 cm³/mol. The highest BCUT2D eigenvalue weighted by molar-refractivity contribution is 14.0. The zero-order valence-corrected chi connectivity index (χ0v) is 20.5. The van der Waals surface area contributed by atoms with Gasteiger partial charge in [0, 0.05) is 33.2 Å². The van der Waals surface area contributed by atoms with E-state index >= 15 is 0 Å². The van der Waals surface area contributed by atoms with E-state index in [1.165, 1.54) is 6.07 Å². The first kappa shape index (κ1) is 26.3. The quantitative estimate of drug-likeness (QED) is 0.304. The van der Waals surface area contributed by atoms with E-state index in [4.69, 9.17) is 4.74 Å². The van der Waals surface area contributed by atoms with Crippen LogP contribution in [0, 0.1) is 6.92 Å². The SMILES string of the molecule is Cc1nnc(CNC(=NCc2cccc(C(F)(F)F)c2)NCCN2CCOCC2)n1C.I. The van der Waals surface area contributed by atoms with Gasteiger partial charge in [-0.2, -0.15) is 13.2 Å². The normalized spacial score (nSPS) is 15.3. The molecule has 0 unspecified atom stereocenters. The van der Waals surface area contributed by atoms with E-state index in [0.717, 1.165) is 56.6 Å². The average Bonchev–Trinajstić information content (AvgIpc) is 3.08. The number of morpholine rings is 1. The molecule has 1 aromatic heterocycles. The van der Waals surface area contributed by atoms with Crippen molar-refractivity contribution >= 4 is 29.9 Å². The molecule has 0 radical (unpaired) electrons. The number of benzene rings is 1. The zero-order valence-electron chi connectivity index (χ0n) is 18.2. The lowest BCUT2D eigenvalue weighted by atomic mass is 10.1. The van der Waals surface area contributed by atoms with Gasteiger partial charge in [-0.15, -0.1) is 34.2 Å². The van der Waals surface area contributed by atoms with Crippen LogP contribution in [0.15, 0.2) is 29.3 Å². The van der Waals surface area contributed by atoms with Gasteiger partial charge in [0.1, 0.15) is 5.82 Å². The van der Waals surface area contributed by atoms with Crippen LogP contribution in [-0.4, -0.2) is 65.0 Å². The van der Waals surface area contributed by atoms with Crippen molar-refractivity contribution in [2.24, 2.45) is 12.0 Å². The Morgan fingerprint density at radius 1 is 1.19 bits per heavy atom. The Kier molecular flexibility index (Phi) is 10.2. The van der Waals surface area contributed by atoms with Crippen LogP contribution in [0.4, 0.5) is 13.2 Å². The fourth-order valence-corrected chi connectivity index (χ4v) is 3.12. The zero-order chi connectivity index (χ0) is 22.3. The topological polar surface area (TPSA) is 79.6 Å². The Morgan fingerprint density at radius 3 is 2.59 bits per heavy atom. The van der Waals surface area contributed by atoms with Gasteiger partial charge in [0.2, 0.25) is 0 Å². The molecular weight excluding hydrogens is 538 g/mol. The molecule has 178 valence electrons. The fourth-order valence-electron chi connectivity index (χ4n) is 3.12. The Balaban J connectivity index is 0.00000363. The lowest BCUT2D eigenvalue weighted by Gasteiger charge is -2.26. The fraction of sp³-hybridized carbons (Fsp3) is 0.550. The highest BCUT2D eigenvalue weighted by Crippen LogP contribution is 2.29. The van der Waals surface area contributed by atoms with Crippen LogP contribution in [0.1, 0.15) is 22.8 Å². The van der Waals surface area contributed by atoms with Gasteiger partial charge in [-0.05, 0) is 24.6 Å². The summed E-state index contributed by atoms with van der Waals surface area (Å²) >= 11 is 0. The molecule has 32 heavy (non-hydrogen) atoms. The van der Waals surface area contributed by atoms with Crippen molar-refractivity contribution in [1.29, 1.82) is 0 Å². The first-order valence-corrected chi connectivity index (χ1v) is 10.2. The third-order valence-electron chi connectivity index (χ3n) is 5.09. The third kappa shape index (κ3) is 7.89. The summed E-state index contributed by atoms with van der Waals surface area (Å²) in [6, 6.07) is 5.22. The summed E-state index contributed by atoms with van der Waals surface area (Å²) in [5, 5.41) is 14.6. The number of guanidine groups is 1. The molecule has 1 aliphatic heterocycles. The van der Waals surface area contributed by atoms with Crippen LogP contribution in [0.5, 0.6) is 0 Å². The second-order valence-electron chi connectivity index (χ2n) is 7.32. The maximum Gasteiger partial charge on any atom is 0.416 e. The van der Waals surface area contributed by atoms with Crippen LogP contribution in [0.2, 0.25) is 0 Å². The van der Waals surface area contributed by atoms with Crippen LogP contribution >= 0.6 is 24.0 Å². The summed E-state index contributed by atoms with van der Waals surface area (Å²) in [5.41, 5.74) is -0.192. The molecule has 0 atom stereocenters. The van der Waals surface area contributed by atoms with Gasteiger partial charge >= 0.3 is 6.18 Å². The summed E-state index contributed by atoms with van der Waals surface area (Å²) in [5.74, 6) is 2.03. The molecule has 3 rings (SSSR count). The summed E-state index contributed by atoms with van der Waals surface area (Å²) in [4.78, 5) is 6.76. The summed E-state index contributed by atoms with van der Waals surface area (Å²) in [6.07, 6.45) is -4.37. The molecule has 0 spiro atoms. The number of alkyl halides is 3. The minimum absolute atomic E-state index is 0. The van der Waals surface area contributed by atoms with Crippen molar-refractivity contribution in [1.82, 2.24) is 30.3 Å². The van der Waals surface area contributed by atoms with Crippen LogP contribution < -0.4 is 10.6 Å². The maximum atomic E-state index is 13.0. The molecule has 0 amide bonds. The van der Waals surface area contributed by atoms with Crippen molar-refractivity contribution in [3.8, 4) is 0 Å². The molecule has 0 aliphatic carbocycles. The summed E-state index contributed by atoms with van der Waals surface area (Å²) in [7, 11) is 1.87. The first-order chi connectivity index (χ1) is 14.8. The lowest BCUT2D eigenvalue weighted by Crippen LogP contribution is -2.44. The van der Waals surface area contributed by atoms with Gasteiger partial charge in [0.15, 0.2) is 11.8 Å². The van der Waals surface area contributed by atoms with E-state index in [9.17, 15) is 13.2 Å². The number of aromatic nitrogens is 3. The van der Waals surface area contributed by atoms with Gasteiger partial charge < -0.3 is 19.9 Å². The number of hydrogen-bond acceptors (Lipinski definition) is 5. The number of aliphatic imine (C=N–C) groups is 1. The van der Waals surface area contributed by atoms with E-state index in [1.807, 2.05) is 18.5 Å². The van der Waals surface area contributed by atoms with Crippen LogP contribution in [0.25, 0.3) is 0 Å². The van der Waals surface area contributed by atoms with Gasteiger partial charge in [-0.1, -0.05) is 12.1 Å². The molecule has 1 aromatic carbocycles. The molecule has 8 nitrogen and oxygen atoms in total. The number of halogens is 4. The third-order valence-corrected chi connectivity index (χ3v) is 5.09. The van der Waals surface area contributed by atoms with Crippen molar-refractivity contribution < 1.29 is 17.9 Å². The number of nitrogens with zero attached hydrogens (tertiary/aromatic N) is 5. The van der Waals surface area contributed by atoms with Gasteiger partial charge in [0.25, 0.3) is 0 Å². The first-order valence-electron chi connectivity index (χ1n) is 10.2. The highest BCUT2D eigenvalue weighted by atomic mass is 127. The number of aryl methyl sites for hydroxylation is 1. The molecule has 1 saturated heterocycles. The molecule has 0 bridgehead atoms. The Labute approximate surface area is 202 Å². The molecule has 12 heteroatoms. The number of rotatable bonds is 7. The van der Waals surface area contributed by atoms with E-state index in [2.05, 4.69) is 30.7 Å². The lowest BCUT2D eigenvalue weighted by molar-refractivity contribution is -0.137. The molecule has 2 aromatic rings. The number of hydrogen-bond donors (Lipinski definition) is 2. The number of nitrogens with one attached hydrogen (secondary N) is 2. The van der Waals surface area contributed by atoms with E-state index in [-0.39, 0.29) is 30.5 Å². The molecule has 2 heterocycles. The second kappa shape index (κ2) is 12.3. The number of ether oxygens (including phenoxy) is 1. The molecule has 1 aliphatic rings. The molecule has 0 saturated carbocycles. The van der Waals surface area contributed by atoms with Gasteiger partial charge in [-0.3, -0.25) is 4.90 Å². The van der Waals surface area contributed by atoms with Gasteiger partial charge in [0.05, 0.1) is 31.9 Å². The monoisotopic (exact) mass is 567 g/mol. The minimum Gasteiger partial charge on any atom is -0.379 e. The largest absolute Gasteiger partial charge is 0.416 e. The molecule has 1 fully saturated rings. The molecular formula is C20H29F3IN7O. The van der Waals surface area contributed by atoms with Crippen molar-refractivity contribution in [2.45, 2.75) is 26.2 Å². The summed E-state index contributed by atoms with van der Waals surface area (Å²) in [6.45, 7) is 7.04. The van der Waals surface area contributed by atoms with E-state index in [1.54, 1.807) is 6.07 Å². The minimum atomic E-state index is -4.37. The smallest absolute Gasteiger partial charge is 0.379 e. The second-order valence-corrected chi connectivity index (χ2v) is 7.32. The predicted octanol–water partition coefficient (Wildman–Crippen LogP) is 2.33. The Morgan fingerprint density at radius 2 is 1.94 bits per heavy atom. The summed E-state index contributed by atoms with van der Waals surface area (Å²) < 4.78 is 46.1.